The summed E-state index contributed by atoms with van der Waals surface area (Å²) in [5, 5.41) is 3.34. The van der Waals surface area contributed by atoms with Gasteiger partial charge in [-0.2, -0.15) is 0 Å². The lowest BCUT2D eigenvalue weighted by Crippen LogP contribution is -2.40. The zero-order chi connectivity index (χ0) is 14.8. The van der Waals surface area contributed by atoms with Crippen LogP contribution in [0, 0.1) is 11.7 Å². The van der Waals surface area contributed by atoms with Crippen molar-refractivity contribution in [3.05, 3.63) is 34.6 Å². The number of amides is 1. The SMILES string of the molecule is O=C(c1cccc(Cl)c1F)N(CC1CCNCC1)C1CC1. The maximum absolute atomic E-state index is 14.1. The highest BCUT2D eigenvalue weighted by atomic mass is 35.5. The average Bonchev–Trinajstić information content (AvgIpc) is 3.33. The van der Waals surface area contributed by atoms with Gasteiger partial charge in [0.05, 0.1) is 10.6 Å². The summed E-state index contributed by atoms with van der Waals surface area (Å²) >= 11 is 5.80. The minimum Gasteiger partial charge on any atom is -0.335 e. The molecule has 0 unspecified atom stereocenters. The molecule has 5 heteroatoms. The fourth-order valence-electron chi connectivity index (χ4n) is 2.95. The molecule has 0 bridgehead atoms. The summed E-state index contributed by atoms with van der Waals surface area (Å²) in [6.07, 6.45) is 4.21. The number of piperidine rings is 1. The van der Waals surface area contributed by atoms with Crippen molar-refractivity contribution < 1.29 is 9.18 Å². The summed E-state index contributed by atoms with van der Waals surface area (Å²) in [5.74, 6) is -0.297. The summed E-state index contributed by atoms with van der Waals surface area (Å²) in [6, 6.07) is 4.92. The van der Waals surface area contributed by atoms with Gasteiger partial charge in [0.25, 0.3) is 5.91 Å². The van der Waals surface area contributed by atoms with Gasteiger partial charge in [0, 0.05) is 12.6 Å². The van der Waals surface area contributed by atoms with Crippen molar-refractivity contribution in [3.63, 3.8) is 0 Å². The van der Waals surface area contributed by atoms with E-state index in [9.17, 15) is 9.18 Å². The van der Waals surface area contributed by atoms with Crippen LogP contribution in [-0.2, 0) is 0 Å². The van der Waals surface area contributed by atoms with Crippen LogP contribution in [0.25, 0.3) is 0 Å². The summed E-state index contributed by atoms with van der Waals surface area (Å²) in [6.45, 7) is 2.74. The third kappa shape index (κ3) is 3.38. The summed E-state index contributed by atoms with van der Waals surface area (Å²) in [4.78, 5) is 14.6. The van der Waals surface area contributed by atoms with Crippen LogP contribution >= 0.6 is 11.6 Å². The summed E-state index contributed by atoms with van der Waals surface area (Å²) in [5.41, 5.74) is 0.100. The molecule has 1 aromatic rings. The first kappa shape index (κ1) is 14.8. The van der Waals surface area contributed by atoms with Gasteiger partial charge in [0.15, 0.2) is 5.82 Å². The molecule has 3 nitrogen and oxygen atoms in total. The Morgan fingerprint density at radius 3 is 2.67 bits per heavy atom. The minimum absolute atomic E-state index is 0.0125. The first-order chi connectivity index (χ1) is 10.2. The fourth-order valence-corrected chi connectivity index (χ4v) is 3.12. The number of hydrogen-bond acceptors (Lipinski definition) is 2. The number of carbonyl (C=O) groups excluding carboxylic acids is 1. The average molecular weight is 311 g/mol. The van der Waals surface area contributed by atoms with E-state index in [1.54, 1.807) is 6.07 Å². The van der Waals surface area contributed by atoms with Gasteiger partial charge in [-0.05, 0) is 56.8 Å². The van der Waals surface area contributed by atoms with Gasteiger partial charge in [-0.3, -0.25) is 4.79 Å². The smallest absolute Gasteiger partial charge is 0.257 e. The molecule has 1 amide bonds. The van der Waals surface area contributed by atoms with Crippen molar-refractivity contribution in [3.8, 4) is 0 Å². The highest BCUT2D eigenvalue weighted by Crippen LogP contribution is 2.31. The highest BCUT2D eigenvalue weighted by molar-refractivity contribution is 6.31. The predicted octanol–water partition coefficient (Wildman–Crippen LogP) is 3.08. The maximum Gasteiger partial charge on any atom is 0.257 e. The predicted molar refractivity (Wildman–Crippen MR) is 81.1 cm³/mol. The summed E-state index contributed by atoms with van der Waals surface area (Å²) in [7, 11) is 0. The molecule has 1 heterocycles. The van der Waals surface area contributed by atoms with E-state index < -0.39 is 5.82 Å². The Bertz CT molecular complexity index is 527. The molecular formula is C16H20ClFN2O. The minimum atomic E-state index is -0.597. The number of nitrogens with one attached hydrogen (secondary N) is 1. The third-order valence-corrected chi connectivity index (χ3v) is 4.64. The number of nitrogens with zero attached hydrogens (tertiary/aromatic N) is 1. The molecule has 3 rings (SSSR count). The van der Waals surface area contributed by atoms with Gasteiger partial charge in [0.2, 0.25) is 0 Å². The molecule has 2 fully saturated rings. The zero-order valence-corrected chi connectivity index (χ0v) is 12.7. The molecule has 0 aromatic heterocycles. The molecule has 1 N–H and O–H groups in total. The molecule has 114 valence electrons. The molecule has 0 spiro atoms. The Labute approximate surface area is 129 Å². The molecule has 0 radical (unpaired) electrons. The normalized spacial score (nSPS) is 19.5. The first-order valence-corrected chi connectivity index (χ1v) is 8.00. The number of carbonyl (C=O) groups is 1. The van der Waals surface area contributed by atoms with Crippen LogP contribution in [0.4, 0.5) is 4.39 Å². The lowest BCUT2D eigenvalue weighted by molar-refractivity contribution is 0.0697. The quantitative estimate of drug-likeness (QED) is 0.927. The largest absolute Gasteiger partial charge is 0.335 e. The van der Waals surface area contributed by atoms with Crippen LogP contribution in [-0.4, -0.2) is 36.5 Å². The van der Waals surface area contributed by atoms with Crippen LogP contribution < -0.4 is 5.32 Å². The van der Waals surface area contributed by atoms with E-state index in [1.807, 2.05) is 4.90 Å². The lowest BCUT2D eigenvalue weighted by Gasteiger charge is -2.30. The second-order valence-corrected chi connectivity index (χ2v) is 6.39. The molecule has 2 aliphatic rings. The van der Waals surface area contributed by atoms with Crippen molar-refractivity contribution in [2.75, 3.05) is 19.6 Å². The van der Waals surface area contributed by atoms with E-state index in [0.29, 0.717) is 5.92 Å². The molecule has 1 saturated heterocycles. The Balaban J connectivity index is 1.76. The van der Waals surface area contributed by atoms with Crippen molar-refractivity contribution in [1.82, 2.24) is 10.2 Å². The summed E-state index contributed by atoms with van der Waals surface area (Å²) < 4.78 is 14.1. The van der Waals surface area contributed by atoms with Gasteiger partial charge in [-0.15, -0.1) is 0 Å². The maximum atomic E-state index is 14.1. The van der Waals surface area contributed by atoms with Crippen LogP contribution in [0.1, 0.15) is 36.0 Å². The first-order valence-electron chi connectivity index (χ1n) is 7.62. The topological polar surface area (TPSA) is 32.3 Å². The van der Waals surface area contributed by atoms with E-state index in [0.717, 1.165) is 45.3 Å². The van der Waals surface area contributed by atoms with Crippen LogP contribution in [0.3, 0.4) is 0 Å². The Hall–Kier alpha value is -1.13. The van der Waals surface area contributed by atoms with Gasteiger partial charge in [0.1, 0.15) is 0 Å². The number of halogens is 2. The third-order valence-electron chi connectivity index (χ3n) is 4.34. The van der Waals surface area contributed by atoms with Crippen LogP contribution in [0.5, 0.6) is 0 Å². The Kier molecular flexibility index (Phi) is 4.45. The monoisotopic (exact) mass is 310 g/mol. The molecule has 21 heavy (non-hydrogen) atoms. The van der Waals surface area contributed by atoms with Crippen molar-refractivity contribution in [2.45, 2.75) is 31.7 Å². The van der Waals surface area contributed by atoms with Crippen LogP contribution in [0.2, 0.25) is 5.02 Å². The Morgan fingerprint density at radius 2 is 2.00 bits per heavy atom. The van der Waals surface area contributed by atoms with Crippen molar-refractivity contribution in [1.29, 1.82) is 0 Å². The Morgan fingerprint density at radius 1 is 1.29 bits per heavy atom. The van der Waals surface area contributed by atoms with Crippen LogP contribution in [0.15, 0.2) is 18.2 Å². The molecule has 0 atom stereocenters. The van der Waals surface area contributed by atoms with E-state index >= 15 is 0 Å². The number of benzene rings is 1. The van der Waals surface area contributed by atoms with Gasteiger partial charge < -0.3 is 10.2 Å². The molecule has 1 aliphatic carbocycles. The van der Waals surface area contributed by atoms with Gasteiger partial charge >= 0.3 is 0 Å². The zero-order valence-electron chi connectivity index (χ0n) is 11.9. The van der Waals surface area contributed by atoms with E-state index in [4.69, 9.17) is 11.6 Å². The van der Waals surface area contributed by atoms with E-state index in [2.05, 4.69) is 5.32 Å². The van der Waals surface area contributed by atoms with Crippen molar-refractivity contribution in [2.24, 2.45) is 5.92 Å². The second kappa shape index (κ2) is 6.32. The van der Waals surface area contributed by atoms with E-state index in [1.165, 1.54) is 12.1 Å². The lowest BCUT2D eigenvalue weighted by atomic mass is 9.97. The van der Waals surface area contributed by atoms with Crippen molar-refractivity contribution >= 4 is 17.5 Å². The van der Waals surface area contributed by atoms with Gasteiger partial charge in [-0.1, -0.05) is 17.7 Å². The number of hydrogen-bond donors (Lipinski definition) is 1. The molecular weight excluding hydrogens is 291 g/mol. The highest BCUT2D eigenvalue weighted by Gasteiger charge is 2.35. The fraction of sp³-hybridized carbons (Fsp3) is 0.562. The molecule has 1 saturated carbocycles. The molecule has 1 aliphatic heterocycles. The van der Waals surface area contributed by atoms with Gasteiger partial charge in [-0.25, -0.2) is 4.39 Å². The molecule has 1 aromatic carbocycles. The second-order valence-electron chi connectivity index (χ2n) is 5.98. The van der Waals surface area contributed by atoms with E-state index in [-0.39, 0.29) is 22.5 Å². The number of rotatable bonds is 4. The standard InChI is InChI=1S/C16H20ClFN2O/c17-14-3-1-2-13(15(14)18)16(21)20(12-4-5-12)10-11-6-8-19-9-7-11/h1-3,11-12,19H,4-10H2.